The minimum Gasteiger partial charge on any atom is -0.370 e. The molecule has 1 aliphatic heterocycles. The molecule has 25 heavy (non-hydrogen) atoms. The Kier molecular flexibility index (Phi) is 5.93. The Morgan fingerprint density at radius 2 is 1.88 bits per heavy atom. The summed E-state index contributed by atoms with van der Waals surface area (Å²) in [5.41, 5.74) is -0.299. The summed E-state index contributed by atoms with van der Waals surface area (Å²) in [6.45, 7) is 6.34. The molecule has 136 valence electrons. The topological polar surface area (TPSA) is 47.3 Å². The third-order valence-electron chi connectivity index (χ3n) is 4.70. The number of halogens is 3. The number of anilines is 1. The third kappa shape index (κ3) is 4.25. The van der Waals surface area contributed by atoms with Crippen LogP contribution in [0.5, 0.6) is 0 Å². The molecule has 2 rings (SSSR count). The fourth-order valence-corrected chi connectivity index (χ4v) is 3.24. The lowest BCUT2D eigenvalue weighted by Gasteiger charge is -2.35. The van der Waals surface area contributed by atoms with Crippen LogP contribution in [0.15, 0.2) is 18.2 Å². The molecule has 0 bridgehead atoms. The molecule has 0 aromatic heterocycles. The molecule has 0 atom stereocenters. The molecule has 1 heterocycles. The van der Waals surface area contributed by atoms with E-state index in [1.807, 2.05) is 24.8 Å². The number of benzene rings is 1. The van der Waals surface area contributed by atoms with Crippen LogP contribution in [0.25, 0.3) is 0 Å². The third-order valence-corrected chi connectivity index (χ3v) is 4.70. The van der Waals surface area contributed by atoms with E-state index in [9.17, 15) is 23.2 Å². The molecule has 1 fully saturated rings. The van der Waals surface area contributed by atoms with Crippen molar-refractivity contribution in [3.63, 3.8) is 0 Å². The number of nitrogens with zero attached hydrogens (tertiary/aromatic N) is 3. The monoisotopic (exact) mass is 353 g/mol. The number of hydrogen-bond donors (Lipinski definition) is 0. The zero-order valence-electron chi connectivity index (χ0n) is 14.4. The molecular formula is C18H22F3N3O. The van der Waals surface area contributed by atoms with Crippen molar-refractivity contribution in [2.75, 3.05) is 31.1 Å². The molecule has 7 heteroatoms. The quantitative estimate of drug-likeness (QED) is 0.830. The SMILES string of the molecule is CCN(CC)C(=O)C1CCN(c2ccc(C(F)(F)F)cc2C#N)CC1. The summed E-state index contributed by atoms with van der Waals surface area (Å²) in [6, 6.07) is 5.11. The van der Waals surface area contributed by atoms with Crippen LogP contribution in [0.3, 0.4) is 0 Å². The summed E-state index contributed by atoms with van der Waals surface area (Å²) in [7, 11) is 0. The normalized spacial score (nSPS) is 15.8. The summed E-state index contributed by atoms with van der Waals surface area (Å²) in [5.74, 6) is 0.0775. The lowest BCUT2D eigenvalue weighted by molar-refractivity contribution is -0.138. The van der Waals surface area contributed by atoms with Crippen molar-refractivity contribution in [3.8, 4) is 6.07 Å². The average molecular weight is 353 g/mol. The highest BCUT2D eigenvalue weighted by molar-refractivity contribution is 5.79. The maximum atomic E-state index is 12.8. The molecule has 1 amide bonds. The second-order valence-electron chi connectivity index (χ2n) is 6.11. The van der Waals surface area contributed by atoms with E-state index in [-0.39, 0.29) is 17.4 Å². The van der Waals surface area contributed by atoms with Crippen molar-refractivity contribution in [2.45, 2.75) is 32.9 Å². The van der Waals surface area contributed by atoms with Crippen LogP contribution in [-0.2, 0) is 11.0 Å². The number of alkyl halides is 3. The second kappa shape index (κ2) is 7.77. The number of carbonyl (C=O) groups is 1. The zero-order chi connectivity index (χ0) is 18.6. The Morgan fingerprint density at radius 1 is 1.28 bits per heavy atom. The molecule has 1 saturated heterocycles. The molecule has 1 aromatic rings. The highest BCUT2D eigenvalue weighted by Crippen LogP contribution is 2.34. The van der Waals surface area contributed by atoms with Gasteiger partial charge in [0.15, 0.2) is 0 Å². The van der Waals surface area contributed by atoms with Gasteiger partial charge in [-0.3, -0.25) is 4.79 Å². The summed E-state index contributed by atoms with van der Waals surface area (Å²) < 4.78 is 38.4. The van der Waals surface area contributed by atoms with Crippen molar-refractivity contribution >= 4 is 11.6 Å². The van der Waals surface area contributed by atoms with E-state index < -0.39 is 11.7 Å². The van der Waals surface area contributed by atoms with Gasteiger partial charge >= 0.3 is 6.18 Å². The Morgan fingerprint density at radius 3 is 2.36 bits per heavy atom. The van der Waals surface area contributed by atoms with E-state index in [0.717, 1.165) is 12.1 Å². The minimum atomic E-state index is -4.46. The van der Waals surface area contributed by atoms with Crippen LogP contribution >= 0.6 is 0 Å². The molecular weight excluding hydrogens is 331 g/mol. The van der Waals surface area contributed by atoms with Crippen LogP contribution in [-0.4, -0.2) is 37.0 Å². The summed E-state index contributed by atoms with van der Waals surface area (Å²) in [6.07, 6.45) is -3.18. The van der Waals surface area contributed by atoms with Gasteiger partial charge in [-0.1, -0.05) is 0 Å². The number of amides is 1. The molecule has 0 unspecified atom stereocenters. The predicted molar refractivity (Wildman–Crippen MR) is 89.0 cm³/mol. The van der Waals surface area contributed by atoms with Crippen LogP contribution < -0.4 is 4.90 Å². The Balaban J connectivity index is 2.11. The van der Waals surface area contributed by atoms with Crippen LogP contribution in [0.4, 0.5) is 18.9 Å². The van der Waals surface area contributed by atoms with Crippen LogP contribution in [0.1, 0.15) is 37.8 Å². The van der Waals surface area contributed by atoms with Crippen LogP contribution in [0.2, 0.25) is 0 Å². The van der Waals surface area contributed by atoms with Gasteiger partial charge in [-0.25, -0.2) is 0 Å². The number of nitriles is 1. The van der Waals surface area contributed by atoms with Gasteiger partial charge in [0.25, 0.3) is 0 Å². The summed E-state index contributed by atoms with van der Waals surface area (Å²) >= 11 is 0. The number of carbonyl (C=O) groups excluding carboxylic acids is 1. The van der Waals surface area contributed by atoms with Crippen molar-refractivity contribution in [3.05, 3.63) is 29.3 Å². The van der Waals surface area contributed by atoms with E-state index in [2.05, 4.69) is 0 Å². The molecule has 1 aromatic carbocycles. The molecule has 0 aliphatic carbocycles. The first-order valence-electron chi connectivity index (χ1n) is 8.46. The van der Waals surface area contributed by atoms with Gasteiger partial charge in [0.05, 0.1) is 16.8 Å². The van der Waals surface area contributed by atoms with E-state index in [4.69, 9.17) is 0 Å². The maximum absolute atomic E-state index is 12.8. The molecule has 0 spiro atoms. The van der Waals surface area contributed by atoms with Gasteiger partial charge in [-0.05, 0) is 44.9 Å². The molecule has 0 saturated carbocycles. The number of piperidine rings is 1. The first-order valence-corrected chi connectivity index (χ1v) is 8.46. The largest absolute Gasteiger partial charge is 0.416 e. The minimum absolute atomic E-state index is 0.0170. The molecule has 1 aliphatic rings. The summed E-state index contributed by atoms with van der Waals surface area (Å²) in [4.78, 5) is 16.1. The second-order valence-corrected chi connectivity index (χ2v) is 6.11. The lowest BCUT2D eigenvalue weighted by Crippen LogP contribution is -2.42. The maximum Gasteiger partial charge on any atom is 0.416 e. The van der Waals surface area contributed by atoms with Crippen molar-refractivity contribution in [1.82, 2.24) is 4.90 Å². The molecule has 4 nitrogen and oxygen atoms in total. The van der Waals surface area contributed by atoms with Crippen molar-refractivity contribution < 1.29 is 18.0 Å². The standard InChI is InChI=1S/C18H22F3N3O/c1-3-23(4-2)17(25)13-7-9-24(10-8-13)16-6-5-15(18(19,20)21)11-14(16)12-22/h5-6,11,13H,3-4,7-10H2,1-2H3. The number of hydrogen-bond acceptors (Lipinski definition) is 3. The number of rotatable bonds is 4. The van der Waals surface area contributed by atoms with Gasteiger partial charge < -0.3 is 9.80 Å². The Hall–Kier alpha value is -2.23. The Bertz CT molecular complexity index is 655. The van der Waals surface area contributed by atoms with Crippen LogP contribution in [0, 0.1) is 17.2 Å². The van der Waals surface area contributed by atoms with Crippen molar-refractivity contribution in [2.24, 2.45) is 5.92 Å². The van der Waals surface area contributed by atoms with Crippen molar-refractivity contribution in [1.29, 1.82) is 5.26 Å². The highest BCUT2D eigenvalue weighted by atomic mass is 19.4. The van der Waals surface area contributed by atoms with Gasteiger partial charge in [0.2, 0.25) is 5.91 Å². The first kappa shape index (κ1) is 19.1. The first-order chi connectivity index (χ1) is 11.8. The van der Waals surface area contributed by atoms with Gasteiger partial charge in [-0.15, -0.1) is 0 Å². The lowest BCUT2D eigenvalue weighted by atomic mass is 9.94. The van der Waals surface area contributed by atoms with E-state index >= 15 is 0 Å². The Labute approximate surface area is 145 Å². The average Bonchev–Trinajstić information content (AvgIpc) is 2.61. The van der Waals surface area contributed by atoms with E-state index in [1.165, 1.54) is 6.07 Å². The molecule has 0 radical (unpaired) electrons. The predicted octanol–water partition coefficient (Wildman–Crippen LogP) is 3.66. The highest BCUT2D eigenvalue weighted by Gasteiger charge is 2.32. The fraction of sp³-hybridized carbons (Fsp3) is 0.556. The smallest absolute Gasteiger partial charge is 0.370 e. The summed E-state index contributed by atoms with van der Waals surface area (Å²) in [5, 5.41) is 9.21. The van der Waals surface area contributed by atoms with Gasteiger partial charge in [0.1, 0.15) is 6.07 Å². The fourth-order valence-electron chi connectivity index (χ4n) is 3.24. The van der Waals surface area contributed by atoms with E-state index in [0.29, 0.717) is 44.7 Å². The van der Waals surface area contributed by atoms with E-state index in [1.54, 1.807) is 4.90 Å². The molecule has 0 N–H and O–H groups in total. The van der Waals surface area contributed by atoms with Gasteiger partial charge in [0, 0.05) is 32.1 Å². The zero-order valence-corrected chi connectivity index (χ0v) is 14.4. The van der Waals surface area contributed by atoms with Gasteiger partial charge in [-0.2, -0.15) is 18.4 Å².